The number of anilines is 1. The Morgan fingerprint density at radius 2 is 1.58 bits per heavy atom. The standard InChI is InChI=1S/C24H27N3O4S2/c1-3-14-27(15-4-2)33(30,31)19-12-10-18(11-13-19)23(29)26-24-20(22(25)28)16-21(32-24)17-8-6-5-7-9-17/h5-13,16H,3-4,14-15H2,1-2H3,(H2,25,28)(H,26,29). The van der Waals surface area contributed by atoms with Crippen LogP contribution in [0.25, 0.3) is 10.4 Å². The first-order chi connectivity index (χ1) is 15.8. The molecule has 9 heteroatoms. The molecule has 174 valence electrons. The van der Waals surface area contributed by atoms with Crippen molar-refractivity contribution in [2.24, 2.45) is 5.73 Å². The lowest BCUT2D eigenvalue weighted by molar-refractivity contribution is 0.100. The molecule has 3 aromatic rings. The Bertz CT molecular complexity index is 1210. The van der Waals surface area contributed by atoms with Gasteiger partial charge in [-0.15, -0.1) is 11.3 Å². The van der Waals surface area contributed by atoms with Gasteiger partial charge in [-0.2, -0.15) is 4.31 Å². The molecule has 2 aromatic carbocycles. The van der Waals surface area contributed by atoms with Crippen molar-refractivity contribution in [1.82, 2.24) is 4.31 Å². The summed E-state index contributed by atoms with van der Waals surface area (Å²) in [6, 6.07) is 16.9. The number of nitrogens with one attached hydrogen (secondary N) is 1. The molecule has 0 saturated carbocycles. The fourth-order valence-electron chi connectivity index (χ4n) is 3.37. The maximum absolute atomic E-state index is 12.9. The second-order valence-electron chi connectivity index (χ2n) is 7.47. The molecule has 0 spiro atoms. The predicted octanol–water partition coefficient (Wildman–Crippen LogP) is 4.58. The van der Waals surface area contributed by atoms with Gasteiger partial charge in [-0.05, 0) is 48.7 Å². The van der Waals surface area contributed by atoms with Gasteiger partial charge in [0.2, 0.25) is 10.0 Å². The number of nitrogens with two attached hydrogens (primary N) is 1. The molecule has 2 amide bonds. The molecule has 0 saturated heterocycles. The van der Waals surface area contributed by atoms with Crippen LogP contribution in [0.15, 0.2) is 65.6 Å². The Balaban J connectivity index is 1.83. The lowest BCUT2D eigenvalue weighted by atomic mass is 10.1. The minimum atomic E-state index is -3.63. The fourth-order valence-corrected chi connectivity index (χ4v) is 6.05. The van der Waals surface area contributed by atoms with E-state index in [-0.39, 0.29) is 16.0 Å². The largest absolute Gasteiger partial charge is 0.366 e. The zero-order valence-electron chi connectivity index (χ0n) is 18.6. The van der Waals surface area contributed by atoms with Gasteiger partial charge in [0.25, 0.3) is 11.8 Å². The van der Waals surface area contributed by atoms with Crippen LogP contribution in [-0.2, 0) is 10.0 Å². The van der Waals surface area contributed by atoms with Crippen LogP contribution in [0.4, 0.5) is 5.00 Å². The third kappa shape index (κ3) is 5.68. The van der Waals surface area contributed by atoms with E-state index in [1.165, 1.54) is 39.9 Å². The van der Waals surface area contributed by atoms with E-state index in [2.05, 4.69) is 5.32 Å². The zero-order valence-corrected chi connectivity index (χ0v) is 20.2. The van der Waals surface area contributed by atoms with Crippen LogP contribution in [0.5, 0.6) is 0 Å². The van der Waals surface area contributed by atoms with Gasteiger partial charge in [-0.25, -0.2) is 8.42 Å². The summed E-state index contributed by atoms with van der Waals surface area (Å²) in [5.41, 5.74) is 6.91. The Labute approximate surface area is 198 Å². The number of sulfonamides is 1. The van der Waals surface area contributed by atoms with Crippen LogP contribution in [0.1, 0.15) is 47.4 Å². The third-order valence-electron chi connectivity index (χ3n) is 4.98. The molecule has 0 aliphatic heterocycles. The van der Waals surface area contributed by atoms with E-state index in [9.17, 15) is 18.0 Å². The SMILES string of the molecule is CCCN(CCC)S(=O)(=O)c1ccc(C(=O)Nc2sc(-c3ccccc3)cc2C(N)=O)cc1. The van der Waals surface area contributed by atoms with Crippen molar-refractivity contribution in [3.63, 3.8) is 0 Å². The molecule has 1 heterocycles. The third-order valence-corrected chi connectivity index (χ3v) is 8.00. The van der Waals surface area contributed by atoms with Crippen molar-refractivity contribution in [3.8, 4) is 10.4 Å². The molecule has 0 unspecified atom stereocenters. The fraction of sp³-hybridized carbons (Fsp3) is 0.250. The van der Waals surface area contributed by atoms with Gasteiger partial charge in [0.05, 0.1) is 10.5 Å². The first kappa shape index (κ1) is 24.6. The number of hydrogen-bond donors (Lipinski definition) is 2. The van der Waals surface area contributed by atoms with E-state index in [1.54, 1.807) is 6.07 Å². The highest BCUT2D eigenvalue weighted by molar-refractivity contribution is 7.89. The Hall–Kier alpha value is -3.01. The van der Waals surface area contributed by atoms with Gasteiger partial charge < -0.3 is 11.1 Å². The lowest BCUT2D eigenvalue weighted by Gasteiger charge is -2.21. The van der Waals surface area contributed by atoms with Crippen molar-refractivity contribution in [2.75, 3.05) is 18.4 Å². The van der Waals surface area contributed by atoms with Crippen molar-refractivity contribution < 1.29 is 18.0 Å². The minimum absolute atomic E-state index is 0.140. The van der Waals surface area contributed by atoms with E-state index in [0.717, 1.165) is 10.4 Å². The maximum atomic E-state index is 12.9. The van der Waals surface area contributed by atoms with E-state index < -0.39 is 21.8 Å². The van der Waals surface area contributed by atoms with Crippen LogP contribution < -0.4 is 11.1 Å². The molecule has 3 N–H and O–H groups in total. The Kier molecular flexibility index (Phi) is 8.01. The number of rotatable bonds is 10. The molecular formula is C24H27N3O4S2. The van der Waals surface area contributed by atoms with Gasteiger partial charge in [0.1, 0.15) is 5.00 Å². The second-order valence-corrected chi connectivity index (χ2v) is 10.5. The Morgan fingerprint density at radius 1 is 0.970 bits per heavy atom. The monoisotopic (exact) mass is 485 g/mol. The van der Waals surface area contributed by atoms with Crippen LogP contribution in [0, 0.1) is 0 Å². The molecule has 0 aliphatic carbocycles. The van der Waals surface area contributed by atoms with Crippen molar-refractivity contribution in [2.45, 2.75) is 31.6 Å². The van der Waals surface area contributed by atoms with Gasteiger partial charge in [0.15, 0.2) is 0 Å². The molecule has 0 atom stereocenters. The first-order valence-corrected chi connectivity index (χ1v) is 12.9. The molecular weight excluding hydrogens is 458 g/mol. The quantitative estimate of drug-likeness (QED) is 0.438. The number of thiophene rings is 1. The summed E-state index contributed by atoms with van der Waals surface area (Å²) >= 11 is 1.25. The van der Waals surface area contributed by atoms with Crippen molar-refractivity contribution in [1.29, 1.82) is 0 Å². The summed E-state index contributed by atoms with van der Waals surface area (Å²) in [6.45, 7) is 4.74. The summed E-state index contributed by atoms with van der Waals surface area (Å²) in [5.74, 6) is -1.10. The summed E-state index contributed by atoms with van der Waals surface area (Å²) in [6.07, 6.45) is 1.43. The van der Waals surface area contributed by atoms with Crippen molar-refractivity contribution in [3.05, 3.63) is 71.8 Å². The number of amides is 2. The number of benzene rings is 2. The summed E-state index contributed by atoms with van der Waals surface area (Å²) in [5, 5.41) is 3.09. The van der Waals surface area contributed by atoms with Crippen LogP contribution in [0.3, 0.4) is 0 Å². The highest BCUT2D eigenvalue weighted by Gasteiger charge is 2.23. The van der Waals surface area contributed by atoms with Gasteiger partial charge in [-0.3, -0.25) is 9.59 Å². The van der Waals surface area contributed by atoms with E-state index in [0.29, 0.717) is 30.9 Å². The maximum Gasteiger partial charge on any atom is 0.256 e. The van der Waals surface area contributed by atoms with Crippen LogP contribution in [-0.4, -0.2) is 37.6 Å². The molecule has 7 nitrogen and oxygen atoms in total. The number of primary amides is 1. The molecule has 33 heavy (non-hydrogen) atoms. The molecule has 0 aliphatic rings. The molecule has 0 fully saturated rings. The Morgan fingerprint density at radius 3 is 2.12 bits per heavy atom. The average Bonchev–Trinajstić information content (AvgIpc) is 3.23. The summed E-state index contributed by atoms with van der Waals surface area (Å²) < 4.78 is 27.3. The highest BCUT2D eigenvalue weighted by Crippen LogP contribution is 2.35. The smallest absolute Gasteiger partial charge is 0.256 e. The lowest BCUT2D eigenvalue weighted by Crippen LogP contribution is -2.32. The number of carbonyl (C=O) groups excluding carboxylic acids is 2. The minimum Gasteiger partial charge on any atom is -0.366 e. The average molecular weight is 486 g/mol. The normalized spacial score (nSPS) is 11.5. The second kappa shape index (κ2) is 10.7. The van der Waals surface area contributed by atoms with Gasteiger partial charge in [-0.1, -0.05) is 44.2 Å². The summed E-state index contributed by atoms with van der Waals surface area (Å²) in [7, 11) is -3.63. The molecule has 0 radical (unpaired) electrons. The number of nitrogens with zero attached hydrogens (tertiary/aromatic N) is 1. The number of hydrogen-bond acceptors (Lipinski definition) is 5. The van der Waals surface area contributed by atoms with Crippen LogP contribution in [0.2, 0.25) is 0 Å². The first-order valence-electron chi connectivity index (χ1n) is 10.7. The predicted molar refractivity (Wildman–Crippen MR) is 132 cm³/mol. The van der Waals surface area contributed by atoms with Gasteiger partial charge >= 0.3 is 0 Å². The van der Waals surface area contributed by atoms with E-state index >= 15 is 0 Å². The molecule has 0 bridgehead atoms. The van der Waals surface area contributed by atoms with Crippen LogP contribution >= 0.6 is 11.3 Å². The number of carbonyl (C=O) groups is 2. The zero-order chi connectivity index (χ0) is 24.0. The van der Waals surface area contributed by atoms with E-state index in [4.69, 9.17) is 5.73 Å². The molecule has 3 rings (SSSR count). The summed E-state index contributed by atoms with van der Waals surface area (Å²) in [4.78, 5) is 25.7. The van der Waals surface area contributed by atoms with Gasteiger partial charge in [0, 0.05) is 23.5 Å². The van der Waals surface area contributed by atoms with Crippen molar-refractivity contribution >= 4 is 38.2 Å². The highest BCUT2D eigenvalue weighted by atomic mass is 32.2. The van der Waals surface area contributed by atoms with E-state index in [1.807, 2.05) is 44.2 Å². The molecule has 1 aromatic heterocycles. The topological polar surface area (TPSA) is 110 Å².